The first kappa shape index (κ1) is 16.6. The van der Waals surface area contributed by atoms with E-state index in [1.165, 1.54) is 0 Å². The number of nitriles is 1. The molecule has 6 nitrogen and oxygen atoms in total. The van der Waals surface area contributed by atoms with Crippen LogP contribution in [0.3, 0.4) is 0 Å². The number of pyridine rings is 1. The fourth-order valence-electron chi connectivity index (χ4n) is 2.40. The SMILES string of the molecule is CC(C)OC[C@@H](C)Sc1cc(-c2cn[nH]c2)cn2ncc(C#N)c12. The Hall–Kier alpha value is -2.30. The fraction of sp³-hybridized carbons (Fsp3) is 0.353. The van der Waals surface area contributed by atoms with Crippen LogP contribution in [0.15, 0.2) is 35.7 Å². The van der Waals surface area contributed by atoms with Gasteiger partial charge in [-0.1, -0.05) is 6.92 Å². The third-order valence-electron chi connectivity index (χ3n) is 3.52. The molecule has 3 heterocycles. The predicted molar refractivity (Wildman–Crippen MR) is 93.9 cm³/mol. The molecule has 0 aliphatic carbocycles. The summed E-state index contributed by atoms with van der Waals surface area (Å²) in [5, 5.41) is 20.8. The smallest absolute Gasteiger partial charge is 0.103 e. The van der Waals surface area contributed by atoms with E-state index in [4.69, 9.17) is 4.74 Å². The maximum Gasteiger partial charge on any atom is 0.103 e. The Morgan fingerprint density at radius 1 is 1.33 bits per heavy atom. The first-order valence-electron chi connectivity index (χ1n) is 7.77. The van der Waals surface area contributed by atoms with Crippen LogP contribution in [0.1, 0.15) is 26.3 Å². The third kappa shape index (κ3) is 3.45. The van der Waals surface area contributed by atoms with Crippen molar-refractivity contribution in [2.45, 2.75) is 37.0 Å². The molecule has 1 atom stereocenters. The van der Waals surface area contributed by atoms with Gasteiger partial charge in [0.25, 0.3) is 0 Å². The number of nitrogens with one attached hydrogen (secondary N) is 1. The highest BCUT2D eigenvalue weighted by Gasteiger charge is 2.15. The molecule has 0 saturated heterocycles. The number of nitrogens with zero attached hydrogens (tertiary/aromatic N) is 4. The number of ether oxygens (including phenoxy) is 1. The van der Waals surface area contributed by atoms with Gasteiger partial charge in [-0.05, 0) is 19.9 Å². The van der Waals surface area contributed by atoms with Crippen molar-refractivity contribution < 1.29 is 4.74 Å². The molecule has 0 aromatic carbocycles. The van der Waals surface area contributed by atoms with Crippen molar-refractivity contribution in [1.82, 2.24) is 19.8 Å². The molecule has 3 aromatic heterocycles. The zero-order valence-corrected chi connectivity index (χ0v) is 14.7. The molecule has 0 aliphatic rings. The summed E-state index contributed by atoms with van der Waals surface area (Å²) in [7, 11) is 0. The molecule has 0 radical (unpaired) electrons. The van der Waals surface area contributed by atoms with Crippen molar-refractivity contribution in [2.75, 3.05) is 6.61 Å². The molecule has 0 fully saturated rings. The summed E-state index contributed by atoms with van der Waals surface area (Å²) < 4.78 is 7.47. The van der Waals surface area contributed by atoms with E-state index in [2.05, 4.69) is 34.4 Å². The van der Waals surface area contributed by atoms with Crippen molar-refractivity contribution >= 4 is 17.3 Å². The van der Waals surface area contributed by atoms with Crippen molar-refractivity contribution in [3.8, 4) is 17.2 Å². The highest BCUT2D eigenvalue weighted by atomic mass is 32.2. The Bertz CT molecular complexity index is 863. The Balaban J connectivity index is 2.00. The molecule has 124 valence electrons. The lowest BCUT2D eigenvalue weighted by Crippen LogP contribution is -2.12. The Morgan fingerprint density at radius 3 is 2.83 bits per heavy atom. The van der Waals surface area contributed by atoms with Crippen LogP contribution in [0.25, 0.3) is 16.6 Å². The van der Waals surface area contributed by atoms with Crippen molar-refractivity contribution in [2.24, 2.45) is 0 Å². The van der Waals surface area contributed by atoms with Gasteiger partial charge in [-0.25, -0.2) is 4.52 Å². The van der Waals surface area contributed by atoms with E-state index in [1.54, 1.807) is 28.7 Å². The summed E-state index contributed by atoms with van der Waals surface area (Å²) in [6.45, 7) is 6.83. The van der Waals surface area contributed by atoms with Crippen molar-refractivity contribution in [3.05, 3.63) is 36.4 Å². The van der Waals surface area contributed by atoms with E-state index in [1.807, 2.05) is 26.2 Å². The van der Waals surface area contributed by atoms with E-state index in [0.29, 0.717) is 12.2 Å². The lowest BCUT2D eigenvalue weighted by atomic mass is 10.1. The molecule has 3 aromatic rings. The van der Waals surface area contributed by atoms with Gasteiger partial charge < -0.3 is 4.74 Å². The minimum Gasteiger partial charge on any atom is -0.378 e. The maximum atomic E-state index is 9.36. The van der Waals surface area contributed by atoms with Crippen molar-refractivity contribution in [1.29, 1.82) is 5.26 Å². The van der Waals surface area contributed by atoms with E-state index >= 15 is 0 Å². The van der Waals surface area contributed by atoms with E-state index < -0.39 is 0 Å². The Morgan fingerprint density at radius 2 is 2.17 bits per heavy atom. The number of thioether (sulfide) groups is 1. The minimum absolute atomic E-state index is 0.204. The summed E-state index contributed by atoms with van der Waals surface area (Å²) >= 11 is 1.69. The van der Waals surface area contributed by atoms with Crippen LogP contribution in [-0.4, -0.2) is 37.8 Å². The number of hydrogen-bond donors (Lipinski definition) is 1. The predicted octanol–water partition coefficient (Wildman–Crippen LogP) is 3.50. The Labute approximate surface area is 144 Å². The summed E-state index contributed by atoms with van der Waals surface area (Å²) in [6, 6.07) is 4.30. The van der Waals surface area contributed by atoms with Crippen LogP contribution >= 0.6 is 11.8 Å². The molecule has 24 heavy (non-hydrogen) atoms. The molecular formula is C17H19N5OS. The van der Waals surface area contributed by atoms with Gasteiger partial charge in [0.15, 0.2) is 0 Å². The average molecular weight is 341 g/mol. The lowest BCUT2D eigenvalue weighted by Gasteiger charge is -2.15. The van der Waals surface area contributed by atoms with Gasteiger partial charge in [0.1, 0.15) is 6.07 Å². The van der Waals surface area contributed by atoms with E-state index in [-0.39, 0.29) is 11.4 Å². The molecular weight excluding hydrogens is 322 g/mol. The molecule has 7 heteroatoms. The molecule has 0 aliphatic heterocycles. The summed E-state index contributed by atoms with van der Waals surface area (Å²) in [5.41, 5.74) is 3.40. The molecule has 0 amide bonds. The number of rotatable bonds is 6. The second kappa shape index (κ2) is 7.07. The highest BCUT2D eigenvalue weighted by Crippen LogP contribution is 2.33. The Kier molecular flexibility index (Phi) is 4.88. The average Bonchev–Trinajstić information content (AvgIpc) is 3.22. The monoisotopic (exact) mass is 341 g/mol. The number of fused-ring (bicyclic) bond motifs is 1. The van der Waals surface area contributed by atoms with Gasteiger partial charge >= 0.3 is 0 Å². The molecule has 0 bridgehead atoms. The van der Waals surface area contributed by atoms with Gasteiger partial charge in [0.2, 0.25) is 0 Å². The highest BCUT2D eigenvalue weighted by molar-refractivity contribution is 8.00. The van der Waals surface area contributed by atoms with Crippen LogP contribution < -0.4 is 0 Å². The quantitative estimate of drug-likeness (QED) is 0.694. The zero-order chi connectivity index (χ0) is 17.1. The molecule has 0 unspecified atom stereocenters. The van der Waals surface area contributed by atoms with Crippen LogP contribution in [0.4, 0.5) is 0 Å². The summed E-state index contributed by atoms with van der Waals surface area (Å²) in [5.74, 6) is 0. The van der Waals surface area contributed by atoms with Gasteiger partial charge in [0.05, 0.1) is 36.2 Å². The van der Waals surface area contributed by atoms with Crippen LogP contribution in [-0.2, 0) is 4.74 Å². The van der Waals surface area contributed by atoms with Crippen LogP contribution in [0.5, 0.6) is 0 Å². The van der Waals surface area contributed by atoms with E-state index in [9.17, 15) is 5.26 Å². The first-order valence-corrected chi connectivity index (χ1v) is 8.65. The van der Waals surface area contributed by atoms with Gasteiger partial charge in [-0.3, -0.25) is 5.10 Å². The third-order valence-corrected chi connectivity index (χ3v) is 4.62. The number of aromatic nitrogens is 4. The fourth-order valence-corrected chi connectivity index (χ4v) is 3.49. The molecule has 3 rings (SSSR count). The standard InChI is InChI=1S/C17H19N5OS/c1-11(2)23-10-12(3)24-16-4-13(15-6-19-20-7-15)9-22-17(16)14(5-18)8-21-22/h4,6-9,11-12H,10H2,1-3H3,(H,19,20)/t12-/m1/s1. The topological polar surface area (TPSA) is 79.0 Å². The normalized spacial score (nSPS) is 12.6. The van der Waals surface area contributed by atoms with Gasteiger partial charge in [-0.15, -0.1) is 11.8 Å². The first-order chi connectivity index (χ1) is 11.6. The van der Waals surface area contributed by atoms with Crippen LogP contribution in [0, 0.1) is 11.3 Å². The lowest BCUT2D eigenvalue weighted by molar-refractivity contribution is 0.0820. The molecule has 1 N–H and O–H groups in total. The summed E-state index contributed by atoms with van der Waals surface area (Å²) in [4.78, 5) is 1.02. The van der Waals surface area contributed by atoms with Gasteiger partial charge in [-0.2, -0.15) is 15.5 Å². The molecule has 0 saturated carbocycles. The van der Waals surface area contributed by atoms with Gasteiger partial charge in [0, 0.05) is 33.7 Å². The number of H-pyrrole nitrogens is 1. The minimum atomic E-state index is 0.204. The summed E-state index contributed by atoms with van der Waals surface area (Å²) in [6.07, 6.45) is 7.34. The number of hydrogen-bond acceptors (Lipinski definition) is 5. The van der Waals surface area contributed by atoms with E-state index in [0.717, 1.165) is 21.5 Å². The number of aromatic amines is 1. The molecule has 0 spiro atoms. The second-order valence-corrected chi connectivity index (χ2v) is 7.33. The van der Waals surface area contributed by atoms with Crippen molar-refractivity contribution in [3.63, 3.8) is 0 Å². The maximum absolute atomic E-state index is 9.36. The largest absolute Gasteiger partial charge is 0.378 e. The zero-order valence-electron chi connectivity index (χ0n) is 13.9. The second-order valence-electron chi connectivity index (χ2n) is 5.85. The van der Waals surface area contributed by atoms with Crippen LogP contribution in [0.2, 0.25) is 0 Å².